The number of aliphatic hydroxyl groups is 2. The molecule has 1 rings (SSSR count). The molecule has 0 bridgehead atoms. The number of methoxy groups -OCH3 is 1. The molecule has 156 valence electrons. The molecule has 0 aromatic rings. The zero-order valence-electron chi connectivity index (χ0n) is 17.0. The number of aliphatic hydroxyl groups excluding tert-OH is 2. The predicted octanol–water partition coefficient (Wildman–Crippen LogP) is 2.21. The van der Waals surface area contributed by atoms with Crippen LogP contribution in [0.1, 0.15) is 58.8 Å². The minimum absolute atomic E-state index is 0.0300. The quantitative estimate of drug-likeness (QED) is 0.242. The molecule has 2 N–H and O–H groups in total. The van der Waals surface area contributed by atoms with Crippen molar-refractivity contribution in [3.05, 3.63) is 12.2 Å². The van der Waals surface area contributed by atoms with Gasteiger partial charge in [-0.25, -0.2) is 0 Å². The third kappa shape index (κ3) is 7.95. The standard InChI is InChI=1S/C22H32O6/c1-4-5-8-15(2)19(24)12-11-17-18(21(26)14-20(17)25)13-16(23)9-6-7-10-22(27)28-3/h11-12,15,17-20,24-25H,6-10,13-14H2,1-3H3/b12-11+/t15?,17-,18-,19-,20-/m1/s1. The van der Waals surface area contributed by atoms with Gasteiger partial charge in [-0.1, -0.05) is 19.1 Å². The first kappa shape index (κ1) is 24.1. The van der Waals surface area contributed by atoms with Crippen LogP contribution in [-0.4, -0.2) is 47.1 Å². The minimum Gasteiger partial charge on any atom is -0.469 e. The maximum absolute atomic E-state index is 12.2. The Kier molecular flexibility index (Phi) is 10.7. The molecule has 0 aliphatic heterocycles. The van der Waals surface area contributed by atoms with Crippen molar-refractivity contribution >= 4 is 17.5 Å². The molecular formula is C22H32O6. The van der Waals surface area contributed by atoms with E-state index in [9.17, 15) is 24.6 Å². The molecule has 1 fully saturated rings. The van der Waals surface area contributed by atoms with Gasteiger partial charge in [0, 0.05) is 43.9 Å². The molecule has 1 aliphatic carbocycles. The number of hydrogen-bond donors (Lipinski definition) is 2. The monoisotopic (exact) mass is 392 g/mol. The number of rotatable bonds is 11. The summed E-state index contributed by atoms with van der Waals surface area (Å²) in [6.45, 7) is 3.62. The smallest absolute Gasteiger partial charge is 0.305 e. The Balaban J connectivity index is 2.59. The lowest BCUT2D eigenvalue weighted by Gasteiger charge is -2.18. The second kappa shape index (κ2) is 12.5. The summed E-state index contributed by atoms with van der Waals surface area (Å²) in [5, 5.41) is 20.4. The van der Waals surface area contributed by atoms with Crippen LogP contribution in [0.4, 0.5) is 0 Å². The summed E-state index contributed by atoms with van der Waals surface area (Å²) in [5.74, 6) is 4.15. The van der Waals surface area contributed by atoms with Crippen LogP contribution in [0, 0.1) is 29.6 Å². The average Bonchev–Trinajstić information content (AvgIpc) is 2.93. The Labute approximate surface area is 167 Å². The van der Waals surface area contributed by atoms with Gasteiger partial charge < -0.3 is 14.9 Å². The van der Waals surface area contributed by atoms with Gasteiger partial charge in [-0.15, -0.1) is 11.8 Å². The van der Waals surface area contributed by atoms with E-state index in [0.717, 1.165) is 0 Å². The Morgan fingerprint density at radius 3 is 2.64 bits per heavy atom. The molecule has 1 saturated carbocycles. The van der Waals surface area contributed by atoms with Crippen molar-refractivity contribution < 1.29 is 29.3 Å². The molecule has 6 nitrogen and oxygen atoms in total. The molecule has 5 atom stereocenters. The van der Waals surface area contributed by atoms with Crippen molar-refractivity contribution in [1.82, 2.24) is 0 Å². The van der Waals surface area contributed by atoms with E-state index in [0.29, 0.717) is 25.7 Å². The third-order valence-corrected chi connectivity index (χ3v) is 5.21. The number of carbonyl (C=O) groups excluding carboxylic acids is 3. The van der Waals surface area contributed by atoms with Gasteiger partial charge in [0.25, 0.3) is 0 Å². The van der Waals surface area contributed by atoms with Gasteiger partial charge in [-0.2, -0.15) is 0 Å². The van der Waals surface area contributed by atoms with E-state index in [4.69, 9.17) is 0 Å². The summed E-state index contributed by atoms with van der Waals surface area (Å²) in [6.07, 6.45) is 4.07. The van der Waals surface area contributed by atoms with Crippen LogP contribution >= 0.6 is 0 Å². The van der Waals surface area contributed by atoms with Crippen LogP contribution < -0.4 is 0 Å². The summed E-state index contributed by atoms with van der Waals surface area (Å²) in [7, 11) is 1.33. The van der Waals surface area contributed by atoms with Crippen molar-refractivity contribution in [2.24, 2.45) is 17.8 Å². The lowest BCUT2D eigenvalue weighted by atomic mass is 9.87. The van der Waals surface area contributed by atoms with E-state index in [1.165, 1.54) is 7.11 Å². The van der Waals surface area contributed by atoms with Crippen molar-refractivity contribution in [3.63, 3.8) is 0 Å². The van der Waals surface area contributed by atoms with Crippen LogP contribution in [0.2, 0.25) is 0 Å². The van der Waals surface area contributed by atoms with Crippen LogP contribution in [0.5, 0.6) is 0 Å². The molecule has 0 saturated heterocycles. The number of hydrogen-bond acceptors (Lipinski definition) is 6. The first-order valence-corrected chi connectivity index (χ1v) is 9.85. The number of unbranched alkanes of at least 4 members (excludes halogenated alkanes) is 1. The molecule has 0 aromatic carbocycles. The third-order valence-electron chi connectivity index (χ3n) is 5.21. The minimum atomic E-state index is -0.834. The zero-order chi connectivity index (χ0) is 21.1. The molecular weight excluding hydrogens is 360 g/mol. The molecule has 6 heteroatoms. The molecule has 1 unspecified atom stereocenters. The van der Waals surface area contributed by atoms with E-state index in [1.807, 2.05) is 6.92 Å². The van der Waals surface area contributed by atoms with Gasteiger partial charge in [0.2, 0.25) is 0 Å². The molecule has 0 aromatic heterocycles. The highest BCUT2D eigenvalue weighted by atomic mass is 16.5. The number of esters is 1. The SMILES string of the molecule is CC#CCC(C)[C@H](O)/C=C/[C@H]1[C@H](O)CC(=O)[C@@H]1CC(=O)CCCCC(=O)OC. The molecule has 0 spiro atoms. The van der Waals surface area contributed by atoms with Crippen LogP contribution in [-0.2, 0) is 19.1 Å². The highest BCUT2D eigenvalue weighted by Crippen LogP contribution is 2.34. The Morgan fingerprint density at radius 2 is 2.00 bits per heavy atom. The van der Waals surface area contributed by atoms with Crippen LogP contribution in [0.15, 0.2) is 12.2 Å². The lowest BCUT2D eigenvalue weighted by Crippen LogP contribution is -2.23. The first-order chi connectivity index (χ1) is 13.3. The summed E-state index contributed by atoms with van der Waals surface area (Å²) in [5.41, 5.74) is 0. The Bertz CT molecular complexity index is 627. The predicted molar refractivity (Wildman–Crippen MR) is 105 cm³/mol. The highest BCUT2D eigenvalue weighted by molar-refractivity contribution is 5.90. The Hall–Kier alpha value is -1.97. The van der Waals surface area contributed by atoms with Crippen LogP contribution in [0.3, 0.4) is 0 Å². The fourth-order valence-corrected chi connectivity index (χ4v) is 3.35. The summed E-state index contributed by atoms with van der Waals surface area (Å²) in [4.78, 5) is 35.5. The number of ether oxygens (including phenoxy) is 1. The first-order valence-electron chi connectivity index (χ1n) is 9.85. The van der Waals surface area contributed by atoms with E-state index < -0.39 is 24.0 Å². The van der Waals surface area contributed by atoms with E-state index in [2.05, 4.69) is 16.6 Å². The molecule has 1 aliphatic rings. The maximum atomic E-state index is 12.2. The second-order valence-electron chi connectivity index (χ2n) is 7.43. The van der Waals surface area contributed by atoms with Gasteiger partial charge in [0.15, 0.2) is 0 Å². The van der Waals surface area contributed by atoms with Crippen LogP contribution in [0.25, 0.3) is 0 Å². The average molecular weight is 392 g/mol. The molecule has 0 heterocycles. The van der Waals surface area contributed by atoms with Crippen molar-refractivity contribution in [2.75, 3.05) is 7.11 Å². The highest BCUT2D eigenvalue weighted by Gasteiger charge is 2.40. The van der Waals surface area contributed by atoms with E-state index >= 15 is 0 Å². The maximum Gasteiger partial charge on any atom is 0.305 e. The lowest BCUT2D eigenvalue weighted by molar-refractivity contribution is -0.140. The molecule has 0 radical (unpaired) electrons. The number of carbonyl (C=O) groups is 3. The summed E-state index contributed by atoms with van der Waals surface area (Å²) < 4.78 is 4.56. The number of ketones is 2. The largest absolute Gasteiger partial charge is 0.469 e. The molecule has 28 heavy (non-hydrogen) atoms. The van der Waals surface area contributed by atoms with E-state index in [-0.39, 0.29) is 42.7 Å². The van der Waals surface area contributed by atoms with Gasteiger partial charge in [0.1, 0.15) is 11.6 Å². The van der Waals surface area contributed by atoms with Crippen molar-refractivity contribution in [1.29, 1.82) is 0 Å². The normalized spacial score (nSPS) is 23.9. The fraction of sp³-hybridized carbons (Fsp3) is 0.682. The second-order valence-corrected chi connectivity index (χ2v) is 7.43. The van der Waals surface area contributed by atoms with Gasteiger partial charge in [-0.3, -0.25) is 14.4 Å². The fourth-order valence-electron chi connectivity index (χ4n) is 3.35. The Morgan fingerprint density at radius 1 is 1.32 bits per heavy atom. The van der Waals surface area contributed by atoms with Gasteiger partial charge >= 0.3 is 5.97 Å². The topological polar surface area (TPSA) is 101 Å². The summed E-state index contributed by atoms with van der Waals surface area (Å²) in [6, 6.07) is 0. The van der Waals surface area contributed by atoms with Crippen molar-refractivity contribution in [2.45, 2.75) is 71.0 Å². The van der Waals surface area contributed by atoms with E-state index in [1.54, 1.807) is 19.1 Å². The zero-order valence-corrected chi connectivity index (χ0v) is 17.0. The molecule has 0 amide bonds. The summed E-state index contributed by atoms with van der Waals surface area (Å²) >= 11 is 0. The number of Topliss-reactive ketones (excluding diaryl/α,β-unsaturated/α-hetero) is 2. The van der Waals surface area contributed by atoms with Gasteiger partial charge in [-0.05, 0) is 25.7 Å². The van der Waals surface area contributed by atoms with Crippen molar-refractivity contribution in [3.8, 4) is 11.8 Å². The van der Waals surface area contributed by atoms with Gasteiger partial charge in [0.05, 0.1) is 19.3 Å².